The van der Waals surface area contributed by atoms with Gasteiger partial charge in [-0.25, -0.2) is 0 Å². The molecule has 0 saturated heterocycles. The van der Waals surface area contributed by atoms with Gasteiger partial charge in [0.1, 0.15) is 11.5 Å². The molecule has 0 N–H and O–H groups in total. The molecule has 1 unspecified atom stereocenters. The number of rotatable bonds is 2. The number of nitrogens with zero attached hydrogens (tertiary/aromatic N) is 1. The molecule has 122 valence electrons. The SMILES string of the molecule is CC1CC(C)(C)N2C(=O)C(=O)c3cc(Oc4ccccc4)cc1c32. The largest absolute Gasteiger partial charge is 0.457 e. The summed E-state index contributed by atoms with van der Waals surface area (Å²) < 4.78 is 5.91. The molecule has 0 radical (unpaired) electrons. The van der Waals surface area contributed by atoms with Gasteiger partial charge in [0.05, 0.1) is 11.3 Å². The quantitative estimate of drug-likeness (QED) is 0.775. The number of hydrogen-bond donors (Lipinski definition) is 0. The minimum atomic E-state index is -0.438. The second-order valence-corrected chi connectivity index (χ2v) is 7.21. The Morgan fingerprint density at radius 1 is 1.08 bits per heavy atom. The van der Waals surface area contributed by atoms with Crippen LogP contribution in [0.5, 0.6) is 11.5 Å². The van der Waals surface area contributed by atoms with E-state index in [1.807, 2.05) is 50.2 Å². The lowest BCUT2D eigenvalue weighted by molar-refractivity contribution is -0.115. The summed E-state index contributed by atoms with van der Waals surface area (Å²) in [6.07, 6.45) is 0.813. The van der Waals surface area contributed by atoms with E-state index < -0.39 is 11.7 Å². The van der Waals surface area contributed by atoms with Gasteiger partial charge in [0, 0.05) is 5.54 Å². The van der Waals surface area contributed by atoms with Crippen LogP contribution in [0.3, 0.4) is 0 Å². The third-order valence-electron chi connectivity index (χ3n) is 4.90. The fourth-order valence-electron chi connectivity index (χ4n) is 3.96. The molecule has 1 atom stereocenters. The van der Waals surface area contributed by atoms with E-state index >= 15 is 0 Å². The second-order valence-electron chi connectivity index (χ2n) is 7.21. The Morgan fingerprint density at radius 2 is 1.79 bits per heavy atom. The number of ketones is 1. The maximum absolute atomic E-state index is 12.5. The molecular weight excluding hydrogens is 302 g/mol. The normalized spacial score (nSPS) is 21.0. The van der Waals surface area contributed by atoms with E-state index in [1.165, 1.54) is 0 Å². The number of carbonyl (C=O) groups excluding carboxylic acids is 2. The van der Waals surface area contributed by atoms with Crippen LogP contribution >= 0.6 is 0 Å². The van der Waals surface area contributed by atoms with Gasteiger partial charge in [-0.2, -0.15) is 0 Å². The maximum Gasteiger partial charge on any atom is 0.299 e. The minimum absolute atomic E-state index is 0.253. The lowest BCUT2D eigenvalue weighted by Crippen LogP contribution is -2.50. The van der Waals surface area contributed by atoms with Crippen LogP contribution in [0.1, 0.15) is 49.0 Å². The number of hydrogen-bond acceptors (Lipinski definition) is 3. The zero-order chi connectivity index (χ0) is 17.1. The molecule has 1 amide bonds. The molecule has 24 heavy (non-hydrogen) atoms. The first-order valence-electron chi connectivity index (χ1n) is 8.18. The Balaban J connectivity index is 1.86. The summed E-state index contributed by atoms with van der Waals surface area (Å²) in [6, 6.07) is 13.1. The molecule has 2 aliphatic heterocycles. The van der Waals surface area contributed by atoms with Gasteiger partial charge in [-0.05, 0) is 56.0 Å². The fourth-order valence-corrected chi connectivity index (χ4v) is 3.96. The van der Waals surface area contributed by atoms with E-state index in [0.717, 1.165) is 17.7 Å². The number of para-hydroxylation sites is 1. The standard InChI is InChI=1S/C20H19NO3/c1-12-11-20(2,3)21-17-15(12)9-14(10-16(17)18(22)19(21)23)24-13-7-5-4-6-8-13/h4-10,12H,11H2,1-3H3. The molecule has 0 aromatic heterocycles. The molecular formula is C20H19NO3. The zero-order valence-corrected chi connectivity index (χ0v) is 14.0. The van der Waals surface area contributed by atoms with E-state index in [-0.39, 0.29) is 11.5 Å². The second kappa shape index (κ2) is 4.94. The summed E-state index contributed by atoms with van der Waals surface area (Å²) in [5.74, 6) is 0.696. The number of anilines is 1. The molecule has 2 aliphatic rings. The van der Waals surface area contributed by atoms with Crippen molar-refractivity contribution in [1.82, 2.24) is 0 Å². The van der Waals surface area contributed by atoms with Crippen LogP contribution in [0.4, 0.5) is 5.69 Å². The number of Topliss-reactive ketones (excluding diaryl/α,β-unsaturated/α-hetero) is 1. The van der Waals surface area contributed by atoms with E-state index in [9.17, 15) is 9.59 Å². The van der Waals surface area contributed by atoms with Gasteiger partial charge >= 0.3 is 0 Å². The van der Waals surface area contributed by atoms with Crippen LogP contribution < -0.4 is 9.64 Å². The highest BCUT2D eigenvalue weighted by Gasteiger charge is 2.49. The average molecular weight is 321 g/mol. The first kappa shape index (κ1) is 14.9. The van der Waals surface area contributed by atoms with E-state index in [4.69, 9.17) is 4.74 Å². The molecule has 4 heteroatoms. The van der Waals surface area contributed by atoms with Gasteiger partial charge in [-0.1, -0.05) is 25.1 Å². The van der Waals surface area contributed by atoms with Crippen molar-refractivity contribution in [3.8, 4) is 11.5 Å². The number of ether oxygens (including phenoxy) is 1. The van der Waals surface area contributed by atoms with E-state index in [1.54, 1.807) is 11.0 Å². The Kier molecular flexibility index (Phi) is 3.07. The van der Waals surface area contributed by atoms with Crippen LogP contribution in [-0.4, -0.2) is 17.2 Å². The first-order valence-corrected chi connectivity index (χ1v) is 8.18. The molecule has 4 rings (SSSR count). The van der Waals surface area contributed by atoms with Crippen LogP contribution in [0.2, 0.25) is 0 Å². The summed E-state index contributed by atoms with van der Waals surface area (Å²) in [7, 11) is 0. The zero-order valence-electron chi connectivity index (χ0n) is 14.0. The van der Waals surface area contributed by atoms with Crippen LogP contribution in [0.15, 0.2) is 42.5 Å². The maximum atomic E-state index is 12.5. The van der Waals surface area contributed by atoms with Gasteiger partial charge in [0.15, 0.2) is 0 Å². The lowest BCUT2D eigenvalue weighted by Gasteiger charge is -2.43. The molecule has 0 spiro atoms. The number of benzene rings is 2. The predicted octanol–water partition coefficient (Wildman–Crippen LogP) is 4.29. The highest BCUT2D eigenvalue weighted by atomic mass is 16.5. The molecule has 2 aromatic carbocycles. The molecule has 2 heterocycles. The van der Waals surface area contributed by atoms with Crippen molar-refractivity contribution < 1.29 is 14.3 Å². The molecule has 0 aliphatic carbocycles. The van der Waals surface area contributed by atoms with E-state index in [0.29, 0.717) is 17.1 Å². The van der Waals surface area contributed by atoms with Crippen molar-refractivity contribution in [1.29, 1.82) is 0 Å². The Morgan fingerprint density at radius 3 is 2.50 bits per heavy atom. The minimum Gasteiger partial charge on any atom is -0.457 e. The van der Waals surface area contributed by atoms with Gasteiger partial charge < -0.3 is 4.74 Å². The number of carbonyl (C=O) groups is 2. The summed E-state index contributed by atoms with van der Waals surface area (Å²) in [5, 5.41) is 0. The van der Waals surface area contributed by atoms with E-state index in [2.05, 4.69) is 6.92 Å². The first-order chi connectivity index (χ1) is 11.4. The number of amides is 1. The predicted molar refractivity (Wildman–Crippen MR) is 91.9 cm³/mol. The van der Waals surface area contributed by atoms with Crippen molar-refractivity contribution in [3.05, 3.63) is 53.6 Å². The van der Waals surface area contributed by atoms with Gasteiger partial charge in [0.2, 0.25) is 0 Å². The molecule has 4 nitrogen and oxygen atoms in total. The highest BCUT2D eigenvalue weighted by Crippen LogP contribution is 2.50. The third-order valence-corrected chi connectivity index (χ3v) is 4.90. The van der Waals surface area contributed by atoms with Crippen molar-refractivity contribution >= 4 is 17.4 Å². The van der Waals surface area contributed by atoms with Crippen molar-refractivity contribution in [2.24, 2.45) is 0 Å². The van der Waals surface area contributed by atoms with Crippen LogP contribution in [0.25, 0.3) is 0 Å². The van der Waals surface area contributed by atoms with Crippen LogP contribution in [-0.2, 0) is 4.79 Å². The summed E-state index contributed by atoms with van der Waals surface area (Å²) in [4.78, 5) is 26.7. The molecule has 0 saturated carbocycles. The van der Waals surface area contributed by atoms with Crippen molar-refractivity contribution in [3.63, 3.8) is 0 Å². The van der Waals surface area contributed by atoms with Gasteiger partial charge in [-0.3, -0.25) is 14.5 Å². The molecule has 0 fully saturated rings. The summed E-state index contributed by atoms with van der Waals surface area (Å²) in [6.45, 7) is 6.16. The average Bonchev–Trinajstić information content (AvgIpc) is 2.79. The Bertz CT molecular complexity index is 855. The van der Waals surface area contributed by atoms with Gasteiger partial charge in [-0.15, -0.1) is 0 Å². The van der Waals surface area contributed by atoms with Crippen molar-refractivity contribution in [2.75, 3.05) is 4.90 Å². The van der Waals surface area contributed by atoms with Gasteiger partial charge in [0.25, 0.3) is 11.7 Å². The Labute approximate surface area is 141 Å². The molecule has 2 aromatic rings. The van der Waals surface area contributed by atoms with Crippen LogP contribution in [0, 0.1) is 0 Å². The smallest absolute Gasteiger partial charge is 0.299 e. The van der Waals surface area contributed by atoms with Crippen molar-refractivity contribution in [2.45, 2.75) is 38.6 Å². The highest BCUT2D eigenvalue weighted by molar-refractivity contribution is 6.53. The lowest BCUT2D eigenvalue weighted by atomic mass is 9.80. The summed E-state index contributed by atoms with van der Waals surface area (Å²) >= 11 is 0. The third kappa shape index (κ3) is 2.06. The summed E-state index contributed by atoms with van der Waals surface area (Å²) in [5.41, 5.74) is 1.89. The molecule has 0 bridgehead atoms. The fraction of sp³-hybridized carbons (Fsp3) is 0.300. The Hall–Kier alpha value is -2.62. The topological polar surface area (TPSA) is 46.6 Å². The monoisotopic (exact) mass is 321 g/mol.